The Morgan fingerprint density at radius 1 is 1.08 bits per heavy atom. The van der Waals surface area contributed by atoms with Crippen molar-refractivity contribution in [2.75, 3.05) is 13.1 Å². The van der Waals surface area contributed by atoms with Crippen LogP contribution >= 0.6 is 0 Å². The lowest BCUT2D eigenvalue weighted by Crippen LogP contribution is -2.50. The van der Waals surface area contributed by atoms with Gasteiger partial charge in [-0.2, -0.15) is 0 Å². The Kier molecular flexibility index (Phi) is 10.6. The van der Waals surface area contributed by atoms with Gasteiger partial charge in [-0.1, -0.05) is 13.8 Å². The summed E-state index contributed by atoms with van der Waals surface area (Å²) in [6.07, 6.45) is 2.34. The number of aromatic nitrogens is 2. The van der Waals surface area contributed by atoms with Crippen molar-refractivity contribution in [2.24, 2.45) is 13.0 Å². The fourth-order valence-electron chi connectivity index (χ4n) is 3.86. The molecule has 1 aromatic heterocycles. The maximum absolute atomic E-state index is 14.2. The molecule has 0 saturated carbocycles. The molecule has 0 aliphatic carbocycles. The maximum atomic E-state index is 14.2. The van der Waals surface area contributed by atoms with Crippen LogP contribution in [-0.2, 0) is 21.4 Å². The highest BCUT2D eigenvalue weighted by Crippen LogP contribution is 2.24. The SMILES string of the molecule is CCN(CC)C(=O)C[C@H](NC(=O)CCC(C)C)C(=O)N[C@@H](C)c1nc(-c2ccc(F)cc2F)cn1C. The summed E-state index contributed by atoms with van der Waals surface area (Å²) in [5.74, 6) is -1.72. The molecule has 0 bridgehead atoms. The van der Waals surface area contributed by atoms with Gasteiger partial charge in [-0.25, -0.2) is 13.8 Å². The zero-order valence-corrected chi connectivity index (χ0v) is 21.9. The third-order valence-corrected chi connectivity index (χ3v) is 5.96. The van der Waals surface area contributed by atoms with Gasteiger partial charge in [0.1, 0.15) is 23.5 Å². The van der Waals surface area contributed by atoms with E-state index in [4.69, 9.17) is 0 Å². The minimum atomic E-state index is -1.05. The molecule has 1 aromatic carbocycles. The van der Waals surface area contributed by atoms with Gasteiger partial charge < -0.3 is 20.1 Å². The molecule has 0 spiro atoms. The number of imidazole rings is 1. The average Bonchev–Trinajstić information content (AvgIpc) is 3.19. The van der Waals surface area contributed by atoms with Gasteiger partial charge in [-0.3, -0.25) is 14.4 Å². The van der Waals surface area contributed by atoms with E-state index in [0.717, 1.165) is 12.1 Å². The third kappa shape index (κ3) is 7.86. The highest BCUT2D eigenvalue weighted by molar-refractivity contribution is 5.92. The number of amides is 3. The normalized spacial score (nSPS) is 12.8. The molecule has 10 heteroatoms. The van der Waals surface area contributed by atoms with Crippen LogP contribution in [0.25, 0.3) is 11.3 Å². The molecule has 2 atom stereocenters. The Morgan fingerprint density at radius 3 is 2.33 bits per heavy atom. The molecule has 8 nitrogen and oxygen atoms in total. The van der Waals surface area contributed by atoms with E-state index in [1.54, 1.807) is 29.6 Å². The molecule has 198 valence electrons. The van der Waals surface area contributed by atoms with Crippen molar-refractivity contribution < 1.29 is 23.2 Å². The molecular formula is C26H37F2N5O3. The molecule has 36 heavy (non-hydrogen) atoms. The Bertz CT molecular complexity index is 1070. The molecule has 0 saturated heterocycles. The number of hydrogen-bond donors (Lipinski definition) is 2. The Labute approximate surface area is 211 Å². The predicted molar refractivity (Wildman–Crippen MR) is 134 cm³/mol. The van der Waals surface area contributed by atoms with Gasteiger partial charge >= 0.3 is 0 Å². The number of benzene rings is 1. The first-order valence-corrected chi connectivity index (χ1v) is 12.3. The number of aryl methyl sites for hydroxylation is 1. The van der Waals surface area contributed by atoms with E-state index < -0.39 is 29.6 Å². The van der Waals surface area contributed by atoms with Gasteiger partial charge in [0.2, 0.25) is 17.7 Å². The number of carbonyl (C=O) groups excluding carboxylic acids is 3. The predicted octanol–water partition coefficient (Wildman–Crippen LogP) is 3.72. The number of nitrogens with zero attached hydrogens (tertiary/aromatic N) is 3. The lowest BCUT2D eigenvalue weighted by atomic mass is 10.1. The van der Waals surface area contributed by atoms with Crippen molar-refractivity contribution in [1.29, 1.82) is 0 Å². The molecular weight excluding hydrogens is 468 g/mol. The lowest BCUT2D eigenvalue weighted by molar-refractivity contribution is -0.136. The Morgan fingerprint density at radius 2 is 1.75 bits per heavy atom. The number of hydrogen-bond acceptors (Lipinski definition) is 4. The first-order chi connectivity index (χ1) is 17.0. The van der Waals surface area contributed by atoms with Crippen LogP contribution in [0.2, 0.25) is 0 Å². The zero-order chi connectivity index (χ0) is 27.0. The first kappa shape index (κ1) is 28.9. The van der Waals surface area contributed by atoms with Gasteiger partial charge in [-0.05, 0) is 45.2 Å². The van der Waals surface area contributed by atoms with Gasteiger partial charge in [0, 0.05) is 44.4 Å². The number of halogens is 2. The van der Waals surface area contributed by atoms with E-state index in [1.165, 1.54) is 6.07 Å². The van der Waals surface area contributed by atoms with Crippen molar-refractivity contribution in [3.8, 4) is 11.3 Å². The molecule has 0 unspecified atom stereocenters. The molecule has 0 aliphatic heterocycles. The summed E-state index contributed by atoms with van der Waals surface area (Å²) in [4.78, 5) is 44.4. The number of carbonyl (C=O) groups is 3. The van der Waals surface area contributed by atoms with Crippen molar-refractivity contribution in [2.45, 2.75) is 66.0 Å². The van der Waals surface area contributed by atoms with Crippen LogP contribution in [0.15, 0.2) is 24.4 Å². The molecule has 1 heterocycles. The second kappa shape index (κ2) is 13.1. The summed E-state index contributed by atoms with van der Waals surface area (Å²) in [6, 6.07) is 1.58. The summed E-state index contributed by atoms with van der Waals surface area (Å²) in [6.45, 7) is 10.4. The quantitative estimate of drug-likeness (QED) is 0.460. The van der Waals surface area contributed by atoms with E-state index in [9.17, 15) is 23.2 Å². The van der Waals surface area contributed by atoms with E-state index in [0.29, 0.717) is 36.9 Å². The largest absolute Gasteiger partial charge is 0.345 e. The summed E-state index contributed by atoms with van der Waals surface area (Å²) in [7, 11) is 1.70. The van der Waals surface area contributed by atoms with Crippen LogP contribution in [0.3, 0.4) is 0 Å². The Balaban J connectivity index is 2.20. The van der Waals surface area contributed by atoms with Crippen LogP contribution in [0.1, 0.15) is 65.7 Å². The van der Waals surface area contributed by atoms with E-state index in [1.807, 2.05) is 27.7 Å². The fraction of sp³-hybridized carbons (Fsp3) is 0.538. The van der Waals surface area contributed by atoms with Crippen LogP contribution in [0.5, 0.6) is 0 Å². The van der Waals surface area contributed by atoms with E-state index >= 15 is 0 Å². The van der Waals surface area contributed by atoms with Gasteiger partial charge in [-0.15, -0.1) is 0 Å². The van der Waals surface area contributed by atoms with Crippen LogP contribution < -0.4 is 10.6 Å². The second-order valence-corrected chi connectivity index (χ2v) is 9.27. The third-order valence-electron chi connectivity index (χ3n) is 5.96. The molecule has 0 fully saturated rings. The highest BCUT2D eigenvalue weighted by Gasteiger charge is 2.28. The summed E-state index contributed by atoms with van der Waals surface area (Å²) in [5, 5.41) is 5.53. The van der Waals surface area contributed by atoms with Crippen LogP contribution in [0, 0.1) is 17.6 Å². The standard InChI is InChI=1S/C26H37F2N5O3/c1-7-33(8-2)24(35)14-21(30-23(34)12-9-16(3)4)26(36)29-17(5)25-31-22(15-32(25)6)19-11-10-18(27)13-20(19)28/h10-11,13,15-17,21H,7-9,12,14H2,1-6H3,(H,29,36)(H,30,34)/t17-,21-/m0/s1. The maximum Gasteiger partial charge on any atom is 0.243 e. The topological polar surface area (TPSA) is 96.3 Å². The number of rotatable bonds is 12. The Hall–Kier alpha value is -3.30. The fourth-order valence-corrected chi connectivity index (χ4v) is 3.86. The van der Waals surface area contributed by atoms with Crippen molar-refractivity contribution >= 4 is 17.7 Å². The summed E-state index contributed by atoms with van der Waals surface area (Å²) >= 11 is 0. The molecule has 3 amide bonds. The molecule has 0 aliphatic rings. The molecule has 2 rings (SSSR count). The van der Waals surface area contributed by atoms with Crippen molar-refractivity contribution in [1.82, 2.24) is 25.1 Å². The van der Waals surface area contributed by atoms with Gasteiger partial charge in [0.25, 0.3) is 0 Å². The first-order valence-electron chi connectivity index (χ1n) is 12.3. The van der Waals surface area contributed by atoms with Crippen molar-refractivity contribution in [3.05, 3.63) is 41.9 Å². The molecule has 2 N–H and O–H groups in total. The minimum absolute atomic E-state index is 0.136. The van der Waals surface area contributed by atoms with Gasteiger partial charge in [0.15, 0.2) is 0 Å². The second-order valence-electron chi connectivity index (χ2n) is 9.27. The summed E-state index contributed by atoms with van der Waals surface area (Å²) < 4.78 is 29.2. The lowest BCUT2D eigenvalue weighted by Gasteiger charge is -2.24. The average molecular weight is 506 g/mol. The van der Waals surface area contributed by atoms with E-state index in [2.05, 4.69) is 15.6 Å². The van der Waals surface area contributed by atoms with Crippen LogP contribution in [0.4, 0.5) is 8.78 Å². The minimum Gasteiger partial charge on any atom is -0.345 e. The van der Waals surface area contributed by atoms with E-state index in [-0.39, 0.29) is 30.2 Å². The molecule has 0 radical (unpaired) electrons. The smallest absolute Gasteiger partial charge is 0.243 e. The summed E-state index contributed by atoms with van der Waals surface area (Å²) in [5.41, 5.74) is 0.429. The highest BCUT2D eigenvalue weighted by atomic mass is 19.1. The zero-order valence-electron chi connectivity index (χ0n) is 21.9. The van der Waals surface area contributed by atoms with Gasteiger partial charge in [0.05, 0.1) is 18.2 Å². The molecule has 2 aromatic rings. The van der Waals surface area contributed by atoms with Crippen molar-refractivity contribution in [3.63, 3.8) is 0 Å². The monoisotopic (exact) mass is 505 g/mol. The van der Waals surface area contributed by atoms with Crippen LogP contribution in [-0.4, -0.2) is 51.3 Å². The number of nitrogens with one attached hydrogen (secondary N) is 2.